The Hall–Kier alpha value is -0.560. The van der Waals surface area contributed by atoms with E-state index in [2.05, 4.69) is 39.8 Å². The molecule has 0 aliphatic rings. The summed E-state index contributed by atoms with van der Waals surface area (Å²) in [6.07, 6.45) is 12.0. The summed E-state index contributed by atoms with van der Waals surface area (Å²) in [6, 6.07) is 0. The molecule has 0 fully saturated rings. The lowest BCUT2D eigenvalue weighted by molar-refractivity contribution is 0.163. The second-order valence-corrected chi connectivity index (χ2v) is 5.26. The Kier molecular flexibility index (Phi) is 10.2. The van der Waals surface area contributed by atoms with Gasteiger partial charge in [-0.15, -0.1) is 0 Å². The molecule has 17 heavy (non-hydrogen) atoms. The van der Waals surface area contributed by atoms with Crippen LogP contribution in [0.2, 0.25) is 0 Å². The van der Waals surface area contributed by atoms with Crippen LogP contribution in [0.5, 0.6) is 0 Å². The zero-order valence-electron chi connectivity index (χ0n) is 12.1. The fourth-order valence-electron chi connectivity index (χ4n) is 1.78. The zero-order valence-corrected chi connectivity index (χ0v) is 12.1. The molecule has 0 aliphatic carbocycles. The molecule has 0 spiro atoms. The maximum Gasteiger partial charge on any atom is 0.0574 e. The SMILES string of the molecule is CCCCCC(O)C/C=C(\C)CCC=C(C)C. The van der Waals surface area contributed by atoms with Crippen LogP contribution in [-0.4, -0.2) is 11.2 Å². The van der Waals surface area contributed by atoms with Crippen molar-refractivity contribution in [3.8, 4) is 0 Å². The van der Waals surface area contributed by atoms with Crippen molar-refractivity contribution < 1.29 is 5.11 Å². The van der Waals surface area contributed by atoms with Crippen molar-refractivity contribution >= 4 is 0 Å². The monoisotopic (exact) mass is 238 g/mol. The van der Waals surface area contributed by atoms with E-state index in [9.17, 15) is 5.11 Å². The van der Waals surface area contributed by atoms with Crippen LogP contribution in [0.1, 0.15) is 72.6 Å². The molecule has 0 saturated heterocycles. The molecule has 0 rings (SSSR count). The Morgan fingerprint density at radius 1 is 1.12 bits per heavy atom. The minimum Gasteiger partial charge on any atom is -0.393 e. The van der Waals surface area contributed by atoms with Gasteiger partial charge in [0.2, 0.25) is 0 Å². The molecule has 0 radical (unpaired) electrons. The van der Waals surface area contributed by atoms with Crippen LogP contribution in [0, 0.1) is 0 Å². The standard InChI is InChI=1S/C16H30O/c1-5-6-7-11-16(17)13-12-15(4)10-8-9-14(2)3/h9,12,16-17H,5-8,10-11,13H2,1-4H3/b15-12+. The maximum atomic E-state index is 9.78. The van der Waals surface area contributed by atoms with E-state index in [1.807, 2.05) is 0 Å². The van der Waals surface area contributed by atoms with Crippen LogP contribution >= 0.6 is 0 Å². The third-order valence-electron chi connectivity index (χ3n) is 2.97. The van der Waals surface area contributed by atoms with Crippen molar-refractivity contribution in [3.05, 3.63) is 23.3 Å². The molecule has 1 atom stereocenters. The van der Waals surface area contributed by atoms with E-state index in [-0.39, 0.29) is 6.10 Å². The van der Waals surface area contributed by atoms with Gasteiger partial charge >= 0.3 is 0 Å². The molecule has 0 aliphatic heterocycles. The highest BCUT2D eigenvalue weighted by molar-refractivity contribution is 5.02. The van der Waals surface area contributed by atoms with Crippen molar-refractivity contribution in [2.45, 2.75) is 78.7 Å². The Morgan fingerprint density at radius 2 is 1.82 bits per heavy atom. The summed E-state index contributed by atoms with van der Waals surface area (Å²) in [4.78, 5) is 0. The summed E-state index contributed by atoms with van der Waals surface area (Å²) < 4.78 is 0. The third-order valence-corrected chi connectivity index (χ3v) is 2.97. The van der Waals surface area contributed by atoms with Crippen molar-refractivity contribution in [1.82, 2.24) is 0 Å². The summed E-state index contributed by atoms with van der Waals surface area (Å²) in [5.74, 6) is 0. The van der Waals surface area contributed by atoms with Crippen LogP contribution in [0.25, 0.3) is 0 Å². The molecule has 0 amide bonds. The summed E-state index contributed by atoms with van der Waals surface area (Å²) in [7, 11) is 0. The van der Waals surface area contributed by atoms with Gasteiger partial charge in [0.05, 0.1) is 6.10 Å². The molecule has 0 aromatic rings. The summed E-state index contributed by atoms with van der Waals surface area (Å²) in [6.45, 7) is 8.63. The van der Waals surface area contributed by atoms with E-state index in [0.717, 1.165) is 32.1 Å². The summed E-state index contributed by atoms with van der Waals surface area (Å²) in [5.41, 5.74) is 2.79. The van der Waals surface area contributed by atoms with Crippen molar-refractivity contribution in [2.24, 2.45) is 0 Å². The molecule has 1 heteroatoms. The van der Waals surface area contributed by atoms with Crippen LogP contribution in [-0.2, 0) is 0 Å². The molecule has 0 aromatic carbocycles. The molecule has 0 aromatic heterocycles. The largest absolute Gasteiger partial charge is 0.393 e. The van der Waals surface area contributed by atoms with Gasteiger partial charge in [-0.25, -0.2) is 0 Å². The third kappa shape index (κ3) is 11.7. The lowest BCUT2D eigenvalue weighted by Crippen LogP contribution is -2.04. The molecular weight excluding hydrogens is 208 g/mol. The van der Waals surface area contributed by atoms with E-state index in [4.69, 9.17) is 0 Å². The normalized spacial score (nSPS) is 13.6. The first-order valence-corrected chi connectivity index (χ1v) is 7.03. The Balaban J connectivity index is 3.70. The zero-order chi connectivity index (χ0) is 13.1. The van der Waals surface area contributed by atoms with E-state index in [1.165, 1.54) is 24.0 Å². The molecule has 1 unspecified atom stereocenters. The first kappa shape index (κ1) is 16.4. The number of aliphatic hydroxyl groups excluding tert-OH is 1. The van der Waals surface area contributed by atoms with Gasteiger partial charge in [-0.1, -0.05) is 49.5 Å². The van der Waals surface area contributed by atoms with Gasteiger partial charge in [0.25, 0.3) is 0 Å². The lowest BCUT2D eigenvalue weighted by atomic mass is 10.0. The summed E-state index contributed by atoms with van der Waals surface area (Å²) in [5, 5.41) is 9.78. The predicted molar refractivity (Wildman–Crippen MR) is 77.2 cm³/mol. The molecular formula is C16H30O. The number of aliphatic hydroxyl groups is 1. The number of rotatable bonds is 9. The maximum absolute atomic E-state index is 9.78. The van der Waals surface area contributed by atoms with Gasteiger partial charge in [-0.05, 0) is 46.5 Å². The minimum absolute atomic E-state index is 0.139. The Bertz CT molecular complexity index is 234. The quantitative estimate of drug-likeness (QED) is 0.442. The fourth-order valence-corrected chi connectivity index (χ4v) is 1.78. The minimum atomic E-state index is -0.139. The highest BCUT2D eigenvalue weighted by atomic mass is 16.3. The van der Waals surface area contributed by atoms with Crippen LogP contribution in [0.4, 0.5) is 0 Å². The smallest absolute Gasteiger partial charge is 0.0574 e. The van der Waals surface area contributed by atoms with Crippen molar-refractivity contribution in [2.75, 3.05) is 0 Å². The van der Waals surface area contributed by atoms with E-state index < -0.39 is 0 Å². The Morgan fingerprint density at radius 3 is 2.41 bits per heavy atom. The highest BCUT2D eigenvalue weighted by Crippen LogP contribution is 2.11. The average Bonchev–Trinajstić information content (AvgIpc) is 2.26. The highest BCUT2D eigenvalue weighted by Gasteiger charge is 2.01. The molecule has 0 bridgehead atoms. The first-order valence-electron chi connectivity index (χ1n) is 7.03. The van der Waals surface area contributed by atoms with Crippen molar-refractivity contribution in [3.63, 3.8) is 0 Å². The van der Waals surface area contributed by atoms with Crippen molar-refractivity contribution in [1.29, 1.82) is 0 Å². The number of allylic oxidation sites excluding steroid dienone is 3. The molecule has 0 heterocycles. The van der Waals surface area contributed by atoms with E-state index in [0.29, 0.717) is 0 Å². The van der Waals surface area contributed by atoms with Crippen LogP contribution < -0.4 is 0 Å². The van der Waals surface area contributed by atoms with Gasteiger partial charge in [0.1, 0.15) is 0 Å². The first-order chi connectivity index (χ1) is 8.06. The van der Waals surface area contributed by atoms with Gasteiger partial charge in [0, 0.05) is 0 Å². The lowest BCUT2D eigenvalue weighted by Gasteiger charge is -2.08. The van der Waals surface area contributed by atoms with Gasteiger partial charge in [-0.3, -0.25) is 0 Å². The van der Waals surface area contributed by atoms with Gasteiger partial charge in [0.15, 0.2) is 0 Å². The topological polar surface area (TPSA) is 20.2 Å². The van der Waals surface area contributed by atoms with E-state index >= 15 is 0 Å². The molecule has 100 valence electrons. The predicted octanol–water partition coefficient (Wildman–Crippen LogP) is 5.01. The Labute approximate surface area is 108 Å². The number of unbranched alkanes of at least 4 members (excludes halogenated alkanes) is 2. The van der Waals surface area contributed by atoms with E-state index in [1.54, 1.807) is 0 Å². The fraction of sp³-hybridized carbons (Fsp3) is 0.750. The second kappa shape index (κ2) is 10.6. The molecule has 1 N–H and O–H groups in total. The molecule has 1 nitrogen and oxygen atoms in total. The number of hydrogen-bond acceptors (Lipinski definition) is 1. The molecule has 0 saturated carbocycles. The van der Waals surface area contributed by atoms with Crippen LogP contribution in [0.15, 0.2) is 23.3 Å². The van der Waals surface area contributed by atoms with Gasteiger partial charge < -0.3 is 5.11 Å². The van der Waals surface area contributed by atoms with Crippen LogP contribution in [0.3, 0.4) is 0 Å². The summed E-state index contributed by atoms with van der Waals surface area (Å²) >= 11 is 0. The number of hydrogen-bond donors (Lipinski definition) is 1. The second-order valence-electron chi connectivity index (χ2n) is 5.26. The van der Waals surface area contributed by atoms with Gasteiger partial charge in [-0.2, -0.15) is 0 Å². The average molecular weight is 238 g/mol.